The number of imidazole rings is 1. The second-order valence-corrected chi connectivity index (χ2v) is 6.17. The highest BCUT2D eigenvalue weighted by molar-refractivity contribution is 6.04. The number of aromatic nitrogens is 3. The maximum atomic E-state index is 12.5. The molecule has 28 heavy (non-hydrogen) atoms. The van der Waals surface area contributed by atoms with Crippen molar-refractivity contribution in [2.24, 2.45) is 0 Å². The average Bonchev–Trinajstić information content (AvgIpc) is 3.21. The Bertz CT molecular complexity index is 1140. The summed E-state index contributed by atoms with van der Waals surface area (Å²) in [6, 6.07) is 16.0. The van der Waals surface area contributed by atoms with E-state index in [4.69, 9.17) is 0 Å². The van der Waals surface area contributed by atoms with Crippen molar-refractivity contribution in [2.75, 3.05) is 5.32 Å². The third kappa shape index (κ3) is 3.73. The van der Waals surface area contributed by atoms with Gasteiger partial charge in [0.15, 0.2) is 0 Å². The van der Waals surface area contributed by atoms with Crippen molar-refractivity contribution in [3.63, 3.8) is 0 Å². The quantitative estimate of drug-likeness (QED) is 0.502. The number of hydrogen-bond acceptors (Lipinski definition) is 4. The first kappa shape index (κ1) is 17.4. The molecule has 0 bridgehead atoms. The van der Waals surface area contributed by atoms with Crippen LogP contribution in [0.25, 0.3) is 11.0 Å². The highest BCUT2D eigenvalue weighted by atomic mass is 16.2. The van der Waals surface area contributed by atoms with Gasteiger partial charge in [-0.05, 0) is 42.0 Å². The van der Waals surface area contributed by atoms with Crippen LogP contribution in [-0.4, -0.2) is 26.8 Å². The molecule has 4 aromatic rings. The van der Waals surface area contributed by atoms with Crippen molar-refractivity contribution < 1.29 is 9.59 Å². The van der Waals surface area contributed by atoms with E-state index in [-0.39, 0.29) is 18.4 Å². The fraction of sp³-hybridized carbons (Fsp3) is 0.0476. The lowest BCUT2D eigenvalue weighted by molar-refractivity contribution is 0.0950. The van der Waals surface area contributed by atoms with E-state index in [0.29, 0.717) is 16.8 Å². The molecule has 7 heteroatoms. The first-order valence-corrected chi connectivity index (χ1v) is 8.71. The van der Waals surface area contributed by atoms with E-state index in [1.165, 1.54) is 6.20 Å². The van der Waals surface area contributed by atoms with Gasteiger partial charge in [-0.2, -0.15) is 0 Å². The summed E-state index contributed by atoms with van der Waals surface area (Å²) in [7, 11) is 0. The molecule has 0 unspecified atom stereocenters. The fourth-order valence-corrected chi connectivity index (χ4v) is 2.84. The van der Waals surface area contributed by atoms with E-state index < -0.39 is 0 Å². The molecule has 0 atom stereocenters. The van der Waals surface area contributed by atoms with Gasteiger partial charge in [0.05, 0.1) is 22.9 Å². The Kier molecular flexibility index (Phi) is 4.79. The first-order valence-electron chi connectivity index (χ1n) is 8.71. The maximum Gasteiger partial charge on any atom is 0.257 e. The number of amides is 2. The Morgan fingerprint density at radius 2 is 1.86 bits per heavy atom. The minimum atomic E-state index is -0.253. The summed E-state index contributed by atoms with van der Waals surface area (Å²) >= 11 is 0. The molecule has 0 aliphatic heterocycles. The molecule has 0 aliphatic carbocycles. The van der Waals surface area contributed by atoms with Crippen LogP contribution < -0.4 is 10.6 Å². The molecule has 2 aromatic carbocycles. The Morgan fingerprint density at radius 3 is 2.71 bits per heavy atom. The number of pyridine rings is 1. The van der Waals surface area contributed by atoms with Crippen LogP contribution in [0.5, 0.6) is 0 Å². The lowest BCUT2D eigenvalue weighted by Crippen LogP contribution is -2.24. The van der Waals surface area contributed by atoms with E-state index in [9.17, 15) is 9.59 Å². The van der Waals surface area contributed by atoms with Gasteiger partial charge < -0.3 is 15.6 Å². The molecule has 2 amide bonds. The van der Waals surface area contributed by atoms with Crippen LogP contribution in [0.1, 0.15) is 26.3 Å². The van der Waals surface area contributed by atoms with Crippen molar-refractivity contribution in [3.05, 3.63) is 90.0 Å². The molecule has 0 aliphatic rings. The summed E-state index contributed by atoms with van der Waals surface area (Å²) in [5.41, 5.74) is 4.05. The molecular weight excluding hydrogens is 354 g/mol. The van der Waals surface area contributed by atoms with Gasteiger partial charge in [-0.1, -0.05) is 18.2 Å². The molecule has 2 aromatic heterocycles. The SMILES string of the molecule is O=C(NCc1ccccc1NC(=O)c1cccnc1)c1ccc2nc[nH]c2c1. The number of rotatable bonds is 5. The predicted octanol–water partition coefficient (Wildman–Crippen LogP) is 3.14. The first-order chi connectivity index (χ1) is 13.7. The summed E-state index contributed by atoms with van der Waals surface area (Å²) < 4.78 is 0. The second-order valence-electron chi connectivity index (χ2n) is 6.17. The zero-order chi connectivity index (χ0) is 19.3. The summed E-state index contributed by atoms with van der Waals surface area (Å²) in [6.45, 7) is 0.281. The van der Waals surface area contributed by atoms with E-state index in [2.05, 4.69) is 25.6 Å². The summed E-state index contributed by atoms with van der Waals surface area (Å²) in [5.74, 6) is -0.457. The minimum Gasteiger partial charge on any atom is -0.348 e. The second kappa shape index (κ2) is 7.71. The van der Waals surface area contributed by atoms with Crippen LogP contribution in [0.3, 0.4) is 0 Å². The highest BCUT2D eigenvalue weighted by Gasteiger charge is 2.11. The summed E-state index contributed by atoms with van der Waals surface area (Å²) in [6.07, 6.45) is 4.71. The smallest absolute Gasteiger partial charge is 0.257 e. The number of nitrogens with one attached hydrogen (secondary N) is 3. The van der Waals surface area contributed by atoms with E-state index >= 15 is 0 Å². The maximum absolute atomic E-state index is 12.5. The molecular formula is C21H17N5O2. The van der Waals surface area contributed by atoms with Gasteiger partial charge in [-0.15, -0.1) is 0 Å². The zero-order valence-corrected chi connectivity index (χ0v) is 14.8. The van der Waals surface area contributed by atoms with Crippen molar-refractivity contribution in [1.29, 1.82) is 0 Å². The van der Waals surface area contributed by atoms with E-state index in [0.717, 1.165) is 16.6 Å². The predicted molar refractivity (Wildman–Crippen MR) is 106 cm³/mol. The van der Waals surface area contributed by atoms with Gasteiger partial charge in [-0.3, -0.25) is 14.6 Å². The number of fused-ring (bicyclic) bond motifs is 1. The number of carbonyl (C=O) groups is 2. The molecule has 4 rings (SSSR count). The molecule has 7 nitrogen and oxygen atoms in total. The van der Waals surface area contributed by atoms with Crippen molar-refractivity contribution in [3.8, 4) is 0 Å². The standard InChI is InChI=1S/C21H17N5O2/c27-20(14-7-8-18-19(10-14)25-13-24-18)23-12-15-4-1-2-6-17(15)26-21(28)16-5-3-9-22-11-16/h1-11,13H,12H2,(H,23,27)(H,24,25)(H,26,28). The number of anilines is 1. The topological polar surface area (TPSA) is 99.8 Å². The average molecular weight is 371 g/mol. The van der Waals surface area contributed by atoms with E-state index in [1.54, 1.807) is 48.9 Å². The number of carbonyl (C=O) groups excluding carboxylic acids is 2. The number of H-pyrrole nitrogens is 1. The van der Waals surface area contributed by atoms with Gasteiger partial charge >= 0.3 is 0 Å². The molecule has 0 saturated heterocycles. The van der Waals surface area contributed by atoms with Crippen molar-refractivity contribution >= 4 is 28.5 Å². The van der Waals surface area contributed by atoms with Crippen LogP contribution in [0.15, 0.2) is 73.3 Å². The number of hydrogen-bond donors (Lipinski definition) is 3. The Labute approximate surface area is 160 Å². The number of aromatic amines is 1. The van der Waals surface area contributed by atoms with Gasteiger partial charge in [0.25, 0.3) is 11.8 Å². The largest absolute Gasteiger partial charge is 0.348 e. The number of para-hydroxylation sites is 1. The number of nitrogens with zero attached hydrogens (tertiary/aromatic N) is 2. The minimum absolute atomic E-state index is 0.204. The molecule has 0 saturated carbocycles. The number of benzene rings is 2. The van der Waals surface area contributed by atoms with Gasteiger partial charge in [0, 0.05) is 30.2 Å². The summed E-state index contributed by atoms with van der Waals surface area (Å²) in [4.78, 5) is 36.0. The molecule has 138 valence electrons. The van der Waals surface area contributed by atoms with Crippen LogP contribution in [-0.2, 0) is 6.54 Å². The molecule has 0 radical (unpaired) electrons. The zero-order valence-electron chi connectivity index (χ0n) is 14.8. The Balaban J connectivity index is 1.46. The lowest BCUT2D eigenvalue weighted by Gasteiger charge is -2.12. The van der Waals surface area contributed by atoms with Crippen LogP contribution in [0.4, 0.5) is 5.69 Å². The lowest BCUT2D eigenvalue weighted by atomic mass is 10.1. The third-order valence-corrected chi connectivity index (χ3v) is 4.31. The normalized spacial score (nSPS) is 10.6. The molecule has 0 spiro atoms. The Morgan fingerprint density at radius 1 is 0.964 bits per heavy atom. The van der Waals surface area contributed by atoms with Crippen LogP contribution in [0.2, 0.25) is 0 Å². The molecule has 3 N–H and O–H groups in total. The molecule has 0 fully saturated rings. The van der Waals surface area contributed by atoms with E-state index in [1.807, 2.05) is 18.2 Å². The fourth-order valence-electron chi connectivity index (χ4n) is 2.84. The van der Waals surface area contributed by atoms with Gasteiger partial charge in [0.2, 0.25) is 0 Å². The van der Waals surface area contributed by atoms with Crippen LogP contribution in [0, 0.1) is 0 Å². The summed E-state index contributed by atoms with van der Waals surface area (Å²) in [5, 5.41) is 5.76. The van der Waals surface area contributed by atoms with Crippen molar-refractivity contribution in [2.45, 2.75) is 6.54 Å². The molecule has 2 heterocycles. The van der Waals surface area contributed by atoms with Gasteiger partial charge in [0.1, 0.15) is 0 Å². The highest BCUT2D eigenvalue weighted by Crippen LogP contribution is 2.17. The van der Waals surface area contributed by atoms with Crippen LogP contribution >= 0.6 is 0 Å². The van der Waals surface area contributed by atoms with Crippen molar-refractivity contribution in [1.82, 2.24) is 20.3 Å². The monoisotopic (exact) mass is 371 g/mol. The Hall–Kier alpha value is -4.00. The third-order valence-electron chi connectivity index (χ3n) is 4.31. The van der Waals surface area contributed by atoms with Gasteiger partial charge in [-0.25, -0.2) is 4.98 Å².